The van der Waals surface area contributed by atoms with Gasteiger partial charge in [-0.2, -0.15) is 10.4 Å². The van der Waals surface area contributed by atoms with E-state index in [0.717, 1.165) is 28.3 Å². The Morgan fingerprint density at radius 2 is 1.75 bits per heavy atom. The van der Waals surface area contributed by atoms with Gasteiger partial charge in [0.25, 0.3) is 11.8 Å². The van der Waals surface area contributed by atoms with E-state index in [1.165, 1.54) is 0 Å². The van der Waals surface area contributed by atoms with Gasteiger partial charge in [0, 0.05) is 36.0 Å². The van der Waals surface area contributed by atoms with E-state index in [2.05, 4.69) is 6.92 Å². The van der Waals surface area contributed by atoms with Crippen LogP contribution in [0.25, 0.3) is 23.0 Å². The van der Waals surface area contributed by atoms with Gasteiger partial charge in [0.1, 0.15) is 17.4 Å². The number of para-hydroxylation sites is 1. The van der Waals surface area contributed by atoms with Crippen molar-refractivity contribution in [2.45, 2.75) is 46.6 Å². The normalized spacial score (nSPS) is 14.8. The van der Waals surface area contributed by atoms with Crippen molar-refractivity contribution in [3.05, 3.63) is 83.1 Å². The van der Waals surface area contributed by atoms with Gasteiger partial charge < -0.3 is 9.47 Å². The highest BCUT2D eigenvalue weighted by atomic mass is 16.5. The number of nitrogens with zero attached hydrogens (tertiary/aromatic N) is 4. The molecule has 2 aromatic carbocycles. The van der Waals surface area contributed by atoms with Crippen LogP contribution in [0.4, 0.5) is 0 Å². The van der Waals surface area contributed by atoms with Gasteiger partial charge in [-0.3, -0.25) is 14.5 Å². The number of nitriles is 1. The summed E-state index contributed by atoms with van der Waals surface area (Å²) < 4.78 is 13.1. The third-order valence-corrected chi connectivity index (χ3v) is 6.47. The van der Waals surface area contributed by atoms with Crippen molar-refractivity contribution in [3.63, 3.8) is 0 Å². The molecule has 1 aliphatic heterocycles. The quantitative estimate of drug-likeness (QED) is 0.176. The molecule has 0 saturated carbocycles. The molecule has 0 radical (unpaired) electrons. The van der Waals surface area contributed by atoms with Crippen LogP contribution >= 0.6 is 0 Å². The van der Waals surface area contributed by atoms with Crippen LogP contribution in [0.5, 0.6) is 5.75 Å². The summed E-state index contributed by atoms with van der Waals surface area (Å²) in [5.74, 6) is -0.245. The van der Waals surface area contributed by atoms with Crippen LogP contribution in [0.2, 0.25) is 0 Å². The fourth-order valence-electron chi connectivity index (χ4n) is 4.39. The van der Waals surface area contributed by atoms with Crippen LogP contribution in [0.3, 0.4) is 0 Å². The molecule has 2 amide bonds. The molecule has 1 aliphatic rings. The van der Waals surface area contributed by atoms with E-state index in [1.807, 2.05) is 80.7 Å². The van der Waals surface area contributed by atoms with E-state index < -0.39 is 11.8 Å². The summed E-state index contributed by atoms with van der Waals surface area (Å²) in [5.41, 5.74) is 3.65. The first kappa shape index (κ1) is 28.5. The van der Waals surface area contributed by atoms with E-state index in [4.69, 9.17) is 14.6 Å². The monoisotopic (exact) mass is 538 g/mol. The topological polar surface area (TPSA) is 97.4 Å². The predicted molar refractivity (Wildman–Crippen MR) is 154 cm³/mol. The average molecular weight is 539 g/mol. The minimum absolute atomic E-state index is 0.0370. The van der Waals surface area contributed by atoms with Gasteiger partial charge in [-0.05, 0) is 81.7 Å². The van der Waals surface area contributed by atoms with E-state index in [0.29, 0.717) is 36.5 Å². The highest BCUT2D eigenvalue weighted by Crippen LogP contribution is 2.32. The Morgan fingerprint density at radius 3 is 2.40 bits per heavy atom. The zero-order valence-corrected chi connectivity index (χ0v) is 23.4. The summed E-state index contributed by atoms with van der Waals surface area (Å²) in [6.07, 6.45) is 5.01. The zero-order valence-electron chi connectivity index (χ0n) is 23.4. The SMILES string of the molecule is CCCOc1ccc(-c2nn(-c3ccccc3)cc2/C=C2/C(=O)N(CCCOC(C)C)C(=O)C(C#N)=C2C)cc1. The number of carbonyl (C=O) groups excluding carboxylic acids is 2. The predicted octanol–water partition coefficient (Wildman–Crippen LogP) is 5.74. The van der Waals surface area contributed by atoms with Gasteiger partial charge in [-0.25, -0.2) is 4.68 Å². The second-order valence-corrected chi connectivity index (χ2v) is 9.79. The van der Waals surface area contributed by atoms with Crippen LogP contribution < -0.4 is 4.74 Å². The highest BCUT2D eigenvalue weighted by molar-refractivity contribution is 6.19. The van der Waals surface area contributed by atoms with Gasteiger partial charge in [-0.15, -0.1) is 0 Å². The molecule has 1 aromatic heterocycles. The van der Waals surface area contributed by atoms with Gasteiger partial charge in [-0.1, -0.05) is 25.1 Å². The number of ether oxygens (including phenoxy) is 2. The second kappa shape index (κ2) is 13.0. The maximum atomic E-state index is 13.6. The molecule has 8 nitrogen and oxygen atoms in total. The Morgan fingerprint density at radius 1 is 1.02 bits per heavy atom. The van der Waals surface area contributed by atoms with E-state index >= 15 is 0 Å². The fourth-order valence-corrected chi connectivity index (χ4v) is 4.39. The first-order chi connectivity index (χ1) is 19.3. The van der Waals surface area contributed by atoms with Crippen LogP contribution in [0.15, 0.2) is 77.5 Å². The van der Waals surface area contributed by atoms with Crippen LogP contribution in [-0.4, -0.2) is 52.4 Å². The summed E-state index contributed by atoms with van der Waals surface area (Å²) in [4.78, 5) is 27.8. The Balaban J connectivity index is 1.77. The van der Waals surface area contributed by atoms with Crippen molar-refractivity contribution in [1.82, 2.24) is 14.7 Å². The van der Waals surface area contributed by atoms with Crippen molar-refractivity contribution in [3.8, 4) is 28.8 Å². The highest BCUT2D eigenvalue weighted by Gasteiger charge is 2.35. The lowest BCUT2D eigenvalue weighted by atomic mass is 9.93. The average Bonchev–Trinajstić information content (AvgIpc) is 3.38. The minimum atomic E-state index is -0.574. The van der Waals surface area contributed by atoms with Crippen LogP contribution in [-0.2, 0) is 14.3 Å². The van der Waals surface area contributed by atoms with Gasteiger partial charge >= 0.3 is 0 Å². The Hall–Kier alpha value is -4.48. The molecule has 8 heteroatoms. The molecule has 2 heterocycles. The number of aromatic nitrogens is 2. The van der Waals surface area contributed by atoms with Crippen molar-refractivity contribution in [2.24, 2.45) is 0 Å². The van der Waals surface area contributed by atoms with Crippen LogP contribution in [0.1, 0.15) is 46.1 Å². The lowest BCUT2D eigenvalue weighted by molar-refractivity contribution is -0.140. The van der Waals surface area contributed by atoms with E-state index in [9.17, 15) is 14.9 Å². The molecule has 0 spiro atoms. The maximum absolute atomic E-state index is 13.6. The molecule has 0 fully saturated rings. The molecule has 3 aromatic rings. The number of imide groups is 1. The maximum Gasteiger partial charge on any atom is 0.271 e. The van der Waals surface area contributed by atoms with E-state index in [-0.39, 0.29) is 23.8 Å². The number of rotatable bonds is 11. The third-order valence-electron chi connectivity index (χ3n) is 6.47. The third kappa shape index (κ3) is 6.38. The molecule has 0 aliphatic carbocycles. The van der Waals surface area contributed by atoms with Gasteiger partial charge in [0.05, 0.1) is 24.1 Å². The molecule has 0 bridgehead atoms. The largest absolute Gasteiger partial charge is 0.494 e. The minimum Gasteiger partial charge on any atom is -0.494 e. The molecule has 0 unspecified atom stereocenters. The van der Waals surface area contributed by atoms with Gasteiger partial charge in [0.15, 0.2) is 0 Å². The standard InChI is InChI=1S/C32H34N4O4/c1-5-17-40-27-14-12-24(13-15-27)30-25(21-36(34-30)26-10-7-6-8-11-26)19-28-23(4)29(20-33)32(38)35(31(28)37)16-9-18-39-22(2)3/h6-8,10-15,19,21-22H,5,9,16-18H2,1-4H3/b28-19+. The Kier molecular flexibility index (Phi) is 9.31. The van der Waals surface area contributed by atoms with Crippen molar-refractivity contribution in [2.75, 3.05) is 19.8 Å². The Labute approximate surface area is 235 Å². The first-order valence-electron chi connectivity index (χ1n) is 13.5. The Bertz CT molecular complexity index is 1460. The number of hydrogen-bond acceptors (Lipinski definition) is 6. The smallest absolute Gasteiger partial charge is 0.271 e. The summed E-state index contributed by atoms with van der Waals surface area (Å²) in [5, 5.41) is 14.6. The molecular formula is C32H34N4O4. The molecular weight excluding hydrogens is 504 g/mol. The summed E-state index contributed by atoms with van der Waals surface area (Å²) in [7, 11) is 0. The molecule has 0 N–H and O–H groups in total. The van der Waals surface area contributed by atoms with Crippen molar-refractivity contribution in [1.29, 1.82) is 5.26 Å². The number of benzene rings is 2. The molecule has 0 saturated heterocycles. The van der Waals surface area contributed by atoms with Crippen molar-refractivity contribution >= 4 is 17.9 Å². The first-order valence-corrected chi connectivity index (χ1v) is 13.5. The summed E-state index contributed by atoms with van der Waals surface area (Å²) >= 11 is 0. The molecule has 0 atom stereocenters. The second-order valence-electron chi connectivity index (χ2n) is 9.79. The molecule has 40 heavy (non-hydrogen) atoms. The molecule has 206 valence electrons. The van der Waals surface area contributed by atoms with Gasteiger partial charge in [0.2, 0.25) is 0 Å². The zero-order chi connectivity index (χ0) is 28.6. The molecule has 4 rings (SSSR count). The van der Waals surface area contributed by atoms with Crippen molar-refractivity contribution < 1.29 is 19.1 Å². The summed E-state index contributed by atoms with van der Waals surface area (Å²) in [6.45, 7) is 8.75. The number of hydrogen-bond donors (Lipinski definition) is 0. The number of carbonyl (C=O) groups is 2. The lowest BCUT2D eigenvalue weighted by Crippen LogP contribution is -2.43. The van der Waals surface area contributed by atoms with Crippen LogP contribution in [0, 0.1) is 11.3 Å². The number of amides is 2. The summed E-state index contributed by atoms with van der Waals surface area (Å²) in [6, 6.07) is 19.3. The lowest BCUT2D eigenvalue weighted by Gasteiger charge is -2.27. The van der Waals surface area contributed by atoms with E-state index in [1.54, 1.807) is 17.7 Å². The fraction of sp³-hybridized carbons (Fsp3) is 0.312.